The number of benzene rings is 1. The Balaban J connectivity index is 0.00000288. The van der Waals surface area contributed by atoms with E-state index in [2.05, 4.69) is 0 Å². The first-order valence-electron chi connectivity index (χ1n) is 7.27. The highest BCUT2D eigenvalue weighted by Gasteiger charge is 2.29. The van der Waals surface area contributed by atoms with Gasteiger partial charge in [0, 0.05) is 24.7 Å². The molecule has 7 nitrogen and oxygen atoms in total. The molecule has 24 heavy (non-hydrogen) atoms. The molecular weight excluding hydrogens is 357 g/mol. The monoisotopic (exact) mass is 377 g/mol. The van der Waals surface area contributed by atoms with Crippen molar-refractivity contribution in [2.45, 2.75) is 18.9 Å². The van der Waals surface area contributed by atoms with Crippen molar-refractivity contribution in [3.05, 3.63) is 22.7 Å². The van der Waals surface area contributed by atoms with Crippen LogP contribution in [0.5, 0.6) is 11.5 Å². The van der Waals surface area contributed by atoms with Crippen molar-refractivity contribution < 1.29 is 19.1 Å². The number of carbonyl (C=O) groups is 2. The highest BCUT2D eigenvalue weighted by Crippen LogP contribution is 2.37. The number of ether oxygens (including phenoxy) is 2. The van der Waals surface area contributed by atoms with Crippen LogP contribution in [0, 0.1) is 0 Å². The van der Waals surface area contributed by atoms with Crippen molar-refractivity contribution in [3.63, 3.8) is 0 Å². The molecule has 0 bridgehead atoms. The lowest BCUT2D eigenvalue weighted by atomic mass is 10.1. The maximum Gasteiger partial charge on any atom is 0.255 e. The van der Waals surface area contributed by atoms with E-state index < -0.39 is 5.91 Å². The molecule has 1 fully saturated rings. The molecule has 1 heterocycles. The molecule has 1 atom stereocenters. The topological polar surface area (TPSA) is 108 Å². The number of carbonyl (C=O) groups excluding carboxylic acids is 2. The van der Waals surface area contributed by atoms with Gasteiger partial charge in [0.05, 0.1) is 12.1 Å². The number of nitrogens with two attached hydrogens (primary N) is 2. The Morgan fingerprint density at radius 3 is 2.71 bits per heavy atom. The minimum atomic E-state index is -0.633. The van der Waals surface area contributed by atoms with Gasteiger partial charge in [0.15, 0.2) is 18.1 Å². The van der Waals surface area contributed by atoms with Gasteiger partial charge in [-0.05, 0) is 25.0 Å². The number of rotatable bonds is 6. The highest BCUT2D eigenvalue weighted by atomic mass is 35.5. The summed E-state index contributed by atoms with van der Waals surface area (Å²) in [6, 6.07) is 3.07. The number of likely N-dealkylation sites (tertiary alicyclic amines) is 1. The van der Waals surface area contributed by atoms with Crippen molar-refractivity contribution in [2.24, 2.45) is 11.5 Å². The quantitative estimate of drug-likeness (QED) is 0.773. The molecule has 0 aromatic heterocycles. The van der Waals surface area contributed by atoms with Crippen LogP contribution in [-0.4, -0.2) is 49.6 Å². The molecule has 4 N–H and O–H groups in total. The average Bonchev–Trinajstić information content (AvgIpc) is 3.00. The number of hydrogen-bond acceptors (Lipinski definition) is 5. The van der Waals surface area contributed by atoms with Gasteiger partial charge >= 0.3 is 0 Å². The number of amides is 2. The maximum absolute atomic E-state index is 12.7. The van der Waals surface area contributed by atoms with Crippen molar-refractivity contribution in [1.82, 2.24) is 4.90 Å². The first kappa shape index (κ1) is 20.3. The van der Waals surface area contributed by atoms with Crippen LogP contribution in [0.15, 0.2) is 12.1 Å². The zero-order valence-corrected chi connectivity index (χ0v) is 14.9. The van der Waals surface area contributed by atoms with Gasteiger partial charge in [0.2, 0.25) is 0 Å². The number of halogens is 2. The van der Waals surface area contributed by atoms with E-state index in [9.17, 15) is 9.59 Å². The van der Waals surface area contributed by atoms with Crippen LogP contribution < -0.4 is 20.9 Å². The van der Waals surface area contributed by atoms with E-state index >= 15 is 0 Å². The summed E-state index contributed by atoms with van der Waals surface area (Å²) >= 11 is 6.17. The summed E-state index contributed by atoms with van der Waals surface area (Å²) in [5.74, 6) is -0.336. The SMILES string of the molecule is COc1cc(C(=O)N2CCCC2CN)cc(Cl)c1OCC(N)=O.Cl. The Morgan fingerprint density at radius 1 is 1.42 bits per heavy atom. The first-order chi connectivity index (χ1) is 11.0. The van der Waals surface area contributed by atoms with Crippen LogP contribution >= 0.6 is 24.0 Å². The van der Waals surface area contributed by atoms with E-state index in [-0.39, 0.29) is 47.5 Å². The smallest absolute Gasteiger partial charge is 0.255 e. The van der Waals surface area contributed by atoms with E-state index in [1.807, 2.05) is 0 Å². The first-order valence-corrected chi connectivity index (χ1v) is 7.65. The molecule has 2 amide bonds. The lowest BCUT2D eigenvalue weighted by Gasteiger charge is -2.24. The Hall–Kier alpha value is -1.70. The summed E-state index contributed by atoms with van der Waals surface area (Å²) in [5.41, 5.74) is 11.2. The van der Waals surface area contributed by atoms with Gasteiger partial charge in [-0.2, -0.15) is 0 Å². The van der Waals surface area contributed by atoms with Crippen LogP contribution in [0.25, 0.3) is 0 Å². The summed E-state index contributed by atoms with van der Waals surface area (Å²) in [7, 11) is 1.43. The van der Waals surface area contributed by atoms with E-state index in [0.717, 1.165) is 12.8 Å². The third-order valence-corrected chi connectivity index (χ3v) is 4.03. The van der Waals surface area contributed by atoms with Crippen molar-refractivity contribution >= 4 is 35.8 Å². The average molecular weight is 378 g/mol. The van der Waals surface area contributed by atoms with Crippen LogP contribution in [0.4, 0.5) is 0 Å². The minimum absolute atomic E-state index is 0. The molecule has 1 aliphatic heterocycles. The molecule has 1 saturated heterocycles. The molecule has 0 radical (unpaired) electrons. The van der Waals surface area contributed by atoms with Gasteiger partial charge in [0.1, 0.15) is 0 Å². The van der Waals surface area contributed by atoms with Gasteiger partial charge < -0.3 is 25.8 Å². The summed E-state index contributed by atoms with van der Waals surface area (Å²) in [5, 5.41) is 0.178. The molecular formula is C15H21Cl2N3O4. The molecule has 1 unspecified atom stereocenters. The predicted octanol–water partition coefficient (Wildman–Crippen LogP) is 1.20. The second-order valence-electron chi connectivity index (χ2n) is 5.27. The van der Waals surface area contributed by atoms with Gasteiger partial charge in [-0.3, -0.25) is 9.59 Å². The fourth-order valence-corrected chi connectivity index (χ4v) is 2.91. The van der Waals surface area contributed by atoms with Crippen molar-refractivity contribution in [2.75, 3.05) is 26.8 Å². The number of nitrogens with zero attached hydrogens (tertiary/aromatic N) is 1. The third kappa shape index (κ3) is 4.43. The van der Waals surface area contributed by atoms with Gasteiger partial charge in [-0.1, -0.05) is 11.6 Å². The predicted molar refractivity (Wildman–Crippen MR) is 93.1 cm³/mol. The van der Waals surface area contributed by atoms with Crippen LogP contribution in [-0.2, 0) is 4.79 Å². The second kappa shape index (κ2) is 8.96. The Kier molecular flexibility index (Phi) is 7.59. The standard InChI is InChI=1S/C15H20ClN3O4.ClH/c1-22-12-6-9(5-11(16)14(12)23-8-13(18)20)15(21)19-4-2-3-10(19)7-17;/h5-6,10H,2-4,7-8,17H2,1H3,(H2,18,20);1H. The molecule has 1 aliphatic rings. The maximum atomic E-state index is 12.7. The Morgan fingerprint density at radius 2 is 2.12 bits per heavy atom. The number of primary amides is 1. The zero-order chi connectivity index (χ0) is 17.0. The molecule has 2 rings (SSSR count). The molecule has 1 aromatic carbocycles. The lowest BCUT2D eigenvalue weighted by molar-refractivity contribution is -0.119. The summed E-state index contributed by atoms with van der Waals surface area (Å²) in [6.45, 7) is 0.766. The van der Waals surface area contributed by atoms with Gasteiger partial charge in [0.25, 0.3) is 11.8 Å². The Bertz CT molecular complexity index is 613. The molecule has 0 saturated carbocycles. The number of hydrogen-bond donors (Lipinski definition) is 2. The molecule has 0 aliphatic carbocycles. The van der Waals surface area contributed by atoms with Crippen LogP contribution in [0.1, 0.15) is 23.2 Å². The second-order valence-corrected chi connectivity index (χ2v) is 5.68. The van der Waals surface area contributed by atoms with E-state index in [4.69, 9.17) is 32.5 Å². The Labute approximate surface area is 151 Å². The summed E-state index contributed by atoms with van der Waals surface area (Å²) < 4.78 is 10.5. The molecule has 9 heteroatoms. The zero-order valence-electron chi connectivity index (χ0n) is 13.3. The van der Waals surface area contributed by atoms with E-state index in [1.54, 1.807) is 4.90 Å². The molecule has 134 valence electrons. The minimum Gasteiger partial charge on any atom is -0.493 e. The normalized spacial score (nSPS) is 16.5. The fourth-order valence-electron chi connectivity index (χ4n) is 2.64. The van der Waals surface area contributed by atoms with E-state index in [0.29, 0.717) is 18.7 Å². The summed E-state index contributed by atoms with van der Waals surface area (Å²) in [6.07, 6.45) is 1.82. The third-order valence-electron chi connectivity index (χ3n) is 3.75. The van der Waals surface area contributed by atoms with Gasteiger partial charge in [-0.15, -0.1) is 12.4 Å². The van der Waals surface area contributed by atoms with Crippen LogP contribution in [0.2, 0.25) is 5.02 Å². The number of methoxy groups -OCH3 is 1. The lowest BCUT2D eigenvalue weighted by Crippen LogP contribution is -2.39. The van der Waals surface area contributed by atoms with Crippen molar-refractivity contribution in [1.29, 1.82) is 0 Å². The van der Waals surface area contributed by atoms with E-state index in [1.165, 1.54) is 19.2 Å². The van der Waals surface area contributed by atoms with Gasteiger partial charge in [-0.25, -0.2) is 0 Å². The molecule has 1 aromatic rings. The molecule has 0 spiro atoms. The summed E-state index contributed by atoms with van der Waals surface area (Å²) in [4.78, 5) is 25.2. The largest absolute Gasteiger partial charge is 0.493 e. The van der Waals surface area contributed by atoms with Crippen LogP contribution in [0.3, 0.4) is 0 Å². The van der Waals surface area contributed by atoms with Crippen molar-refractivity contribution in [3.8, 4) is 11.5 Å². The fraction of sp³-hybridized carbons (Fsp3) is 0.467. The highest BCUT2D eigenvalue weighted by molar-refractivity contribution is 6.32.